The van der Waals surface area contributed by atoms with Crippen LogP contribution in [0.15, 0.2) is 88.1 Å². The van der Waals surface area contributed by atoms with E-state index in [1.54, 1.807) is 32.9 Å². The zero-order valence-electron chi connectivity index (χ0n) is 21.9. The van der Waals surface area contributed by atoms with Gasteiger partial charge in [-0.2, -0.15) is 0 Å². The average molecular weight is 514 g/mol. The van der Waals surface area contributed by atoms with Crippen LogP contribution in [0.1, 0.15) is 43.0 Å². The summed E-state index contributed by atoms with van der Waals surface area (Å²) in [6, 6.07) is 22.9. The van der Waals surface area contributed by atoms with Gasteiger partial charge in [-0.15, -0.1) is 0 Å². The van der Waals surface area contributed by atoms with E-state index in [1.165, 1.54) is 6.07 Å². The van der Waals surface area contributed by atoms with Crippen molar-refractivity contribution < 1.29 is 23.5 Å². The summed E-state index contributed by atoms with van der Waals surface area (Å²) < 4.78 is 16.6. The summed E-state index contributed by atoms with van der Waals surface area (Å²) in [7, 11) is 0. The van der Waals surface area contributed by atoms with Gasteiger partial charge < -0.3 is 19.2 Å². The molecule has 4 rings (SSSR count). The SMILES string of the molecule is Cc1c(Cc2ccccc2)c(=O)oc2cc(OC(=O)[C@@H](Cc3ccccc3)NC(=O)OC(C)(C)C)ccc12. The van der Waals surface area contributed by atoms with Crippen LogP contribution in [0.4, 0.5) is 4.79 Å². The maximum atomic E-state index is 13.2. The molecule has 7 heteroatoms. The molecule has 3 aromatic carbocycles. The lowest BCUT2D eigenvalue weighted by Gasteiger charge is -2.23. The molecule has 38 heavy (non-hydrogen) atoms. The Morgan fingerprint density at radius 1 is 0.921 bits per heavy atom. The van der Waals surface area contributed by atoms with Gasteiger partial charge in [0.25, 0.3) is 0 Å². The van der Waals surface area contributed by atoms with Crippen LogP contribution >= 0.6 is 0 Å². The number of benzene rings is 3. The number of hydrogen-bond donors (Lipinski definition) is 1. The Morgan fingerprint density at radius 3 is 2.18 bits per heavy atom. The van der Waals surface area contributed by atoms with Gasteiger partial charge in [0.15, 0.2) is 0 Å². The molecule has 0 radical (unpaired) electrons. The number of esters is 1. The van der Waals surface area contributed by atoms with Gasteiger partial charge in [-0.1, -0.05) is 60.7 Å². The first-order chi connectivity index (χ1) is 18.1. The van der Waals surface area contributed by atoms with Crippen LogP contribution in [0, 0.1) is 6.92 Å². The molecule has 0 bridgehead atoms. The molecule has 7 nitrogen and oxygen atoms in total. The second kappa shape index (κ2) is 11.3. The number of nitrogens with one attached hydrogen (secondary N) is 1. The molecule has 4 aromatic rings. The molecule has 0 fully saturated rings. The number of aryl methyl sites for hydroxylation is 1. The minimum atomic E-state index is -0.995. The van der Waals surface area contributed by atoms with Gasteiger partial charge in [0, 0.05) is 29.9 Å². The molecule has 1 amide bonds. The third-order valence-electron chi connectivity index (χ3n) is 5.96. The van der Waals surface area contributed by atoms with Gasteiger partial charge in [0.2, 0.25) is 0 Å². The van der Waals surface area contributed by atoms with Crippen LogP contribution < -0.4 is 15.7 Å². The number of ether oxygens (including phenoxy) is 2. The Morgan fingerprint density at radius 2 is 1.55 bits per heavy atom. The van der Waals surface area contributed by atoms with E-state index in [-0.39, 0.29) is 12.2 Å². The molecule has 0 aliphatic carbocycles. The number of alkyl carbamates (subject to hydrolysis) is 1. The highest BCUT2D eigenvalue weighted by Crippen LogP contribution is 2.26. The monoisotopic (exact) mass is 513 g/mol. The van der Waals surface area contributed by atoms with E-state index in [0.717, 1.165) is 22.1 Å². The maximum Gasteiger partial charge on any atom is 0.408 e. The zero-order valence-corrected chi connectivity index (χ0v) is 21.9. The van der Waals surface area contributed by atoms with Crippen molar-refractivity contribution in [2.75, 3.05) is 0 Å². The average Bonchev–Trinajstić information content (AvgIpc) is 2.86. The molecule has 0 unspecified atom stereocenters. The summed E-state index contributed by atoms with van der Waals surface area (Å²) in [6.45, 7) is 7.11. The van der Waals surface area contributed by atoms with Crippen molar-refractivity contribution in [2.24, 2.45) is 0 Å². The van der Waals surface area contributed by atoms with E-state index in [0.29, 0.717) is 17.6 Å². The number of fused-ring (bicyclic) bond motifs is 1. The highest BCUT2D eigenvalue weighted by atomic mass is 16.6. The van der Waals surface area contributed by atoms with Crippen molar-refractivity contribution in [3.8, 4) is 5.75 Å². The Hall–Kier alpha value is -4.39. The van der Waals surface area contributed by atoms with Crippen molar-refractivity contribution in [1.82, 2.24) is 5.32 Å². The van der Waals surface area contributed by atoms with Gasteiger partial charge >= 0.3 is 17.7 Å². The Balaban J connectivity index is 1.57. The van der Waals surface area contributed by atoms with E-state index in [9.17, 15) is 14.4 Å². The number of carbonyl (C=O) groups excluding carboxylic acids is 2. The molecule has 1 atom stereocenters. The van der Waals surface area contributed by atoms with Gasteiger partial charge in [-0.3, -0.25) is 0 Å². The third kappa shape index (κ3) is 6.88. The molecular formula is C31H31NO6. The molecule has 1 N–H and O–H groups in total. The highest BCUT2D eigenvalue weighted by molar-refractivity contribution is 5.86. The lowest BCUT2D eigenvalue weighted by Crippen LogP contribution is -2.46. The standard InChI is InChI=1S/C31H31NO6/c1-20-24-16-15-23(19-27(24)37-28(33)25(20)17-21-11-7-5-8-12-21)36-29(34)26(18-22-13-9-6-10-14-22)32-30(35)38-31(2,3)4/h5-16,19,26H,17-18H2,1-4H3,(H,32,35)/t26-/m1/s1. The van der Waals surface area contributed by atoms with Crippen molar-refractivity contribution in [3.05, 3.63) is 112 Å². The minimum absolute atomic E-state index is 0.199. The highest BCUT2D eigenvalue weighted by Gasteiger charge is 2.26. The predicted molar refractivity (Wildman–Crippen MR) is 145 cm³/mol. The minimum Gasteiger partial charge on any atom is -0.444 e. The van der Waals surface area contributed by atoms with Crippen LogP contribution in [0.2, 0.25) is 0 Å². The molecule has 0 saturated heterocycles. The van der Waals surface area contributed by atoms with E-state index in [4.69, 9.17) is 13.9 Å². The smallest absolute Gasteiger partial charge is 0.408 e. The molecule has 0 saturated carbocycles. The van der Waals surface area contributed by atoms with Gasteiger partial charge in [-0.25, -0.2) is 14.4 Å². The van der Waals surface area contributed by atoms with E-state index >= 15 is 0 Å². The summed E-state index contributed by atoms with van der Waals surface area (Å²) in [6.07, 6.45) is -0.0515. The molecule has 1 aromatic heterocycles. The first kappa shape index (κ1) is 26.7. The molecule has 1 heterocycles. The Bertz CT molecular complexity index is 1490. The topological polar surface area (TPSA) is 94.8 Å². The van der Waals surface area contributed by atoms with Crippen LogP contribution in [0.5, 0.6) is 5.75 Å². The van der Waals surface area contributed by atoms with Crippen LogP contribution in [-0.2, 0) is 22.4 Å². The number of rotatable bonds is 7. The Labute approximate surface area is 221 Å². The quantitative estimate of drug-likeness (QED) is 0.193. The first-order valence-electron chi connectivity index (χ1n) is 12.4. The normalized spacial score (nSPS) is 12.1. The second-order valence-corrected chi connectivity index (χ2v) is 10.1. The molecular weight excluding hydrogens is 482 g/mol. The molecule has 0 aliphatic heterocycles. The van der Waals surface area contributed by atoms with Gasteiger partial charge in [-0.05, 0) is 56.5 Å². The fourth-order valence-corrected chi connectivity index (χ4v) is 4.12. The first-order valence-corrected chi connectivity index (χ1v) is 12.4. The second-order valence-electron chi connectivity index (χ2n) is 10.1. The fourth-order valence-electron chi connectivity index (χ4n) is 4.12. The Kier molecular flexibility index (Phi) is 7.96. The number of amides is 1. The predicted octanol–water partition coefficient (Wildman–Crippen LogP) is 5.73. The summed E-state index contributed by atoms with van der Waals surface area (Å²) in [5.74, 6) is -0.469. The third-order valence-corrected chi connectivity index (χ3v) is 5.96. The number of hydrogen-bond acceptors (Lipinski definition) is 6. The van der Waals surface area contributed by atoms with Crippen molar-refractivity contribution >= 4 is 23.0 Å². The van der Waals surface area contributed by atoms with E-state index in [1.807, 2.05) is 67.6 Å². The molecule has 0 aliphatic rings. The zero-order chi connectivity index (χ0) is 27.3. The largest absolute Gasteiger partial charge is 0.444 e. The van der Waals surface area contributed by atoms with Crippen LogP contribution in [0.25, 0.3) is 11.0 Å². The van der Waals surface area contributed by atoms with Gasteiger partial charge in [0.05, 0.1) is 0 Å². The van der Waals surface area contributed by atoms with Crippen molar-refractivity contribution in [2.45, 2.75) is 52.2 Å². The number of carbonyl (C=O) groups is 2. The fraction of sp³-hybridized carbons (Fsp3) is 0.258. The van der Waals surface area contributed by atoms with Crippen molar-refractivity contribution in [3.63, 3.8) is 0 Å². The summed E-state index contributed by atoms with van der Waals surface area (Å²) >= 11 is 0. The lowest BCUT2D eigenvalue weighted by atomic mass is 10.00. The maximum absolute atomic E-state index is 13.2. The molecule has 0 spiro atoms. The van der Waals surface area contributed by atoms with Crippen LogP contribution in [0.3, 0.4) is 0 Å². The van der Waals surface area contributed by atoms with Crippen molar-refractivity contribution in [1.29, 1.82) is 0 Å². The van der Waals surface area contributed by atoms with Gasteiger partial charge in [0.1, 0.15) is 23.0 Å². The van der Waals surface area contributed by atoms with Crippen LogP contribution in [-0.4, -0.2) is 23.7 Å². The molecule has 196 valence electrons. The lowest BCUT2D eigenvalue weighted by molar-refractivity contribution is -0.136. The summed E-state index contributed by atoms with van der Waals surface area (Å²) in [4.78, 5) is 38.4. The van der Waals surface area contributed by atoms with E-state index in [2.05, 4.69) is 5.32 Å². The summed E-state index contributed by atoms with van der Waals surface area (Å²) in [5.41, 5.74) is 2.40. The summed E-state index contributed by atoms with van der Waals surface area (Å²) in [5, 5.41) is 3.37. The van der Waals surface area contributed by atoms with E-state index < -0.39 is 29.3 Å².